The average molecular weight is 539 g/mol. The maximum absolute atomic E-state index is 15.2. The molecule has 3 aromatic carbocycles. The zero-order chi connectivity index (χ0) is 27.8. The predicted molar refractivity (Wildman–Crippen MR) is 148 cm³/mol. The molecule has 6 heteroatoms. The number of hydrogen-bond acceptors (Lipinski definition) is 3. The zero-order valence-corrected chi connectivity index (χ0v) is 22.5. The van der Waals surface area contributed by atoms with E-state index in [0.717, 1.165) is 44.1 Å². The molecule has 1 aliphatic rings. The minimum Gasteiger partial charge on any atom is -0.490 e. The summed E-state index contributed by atoms with van der Waals surface area (Å²) in [6, 6.07) is 14.8. The van der Waals surface area contributed by atoms with E-state index in [4.69, 9.17) is 9.47 Å². The number of hydrogen-bond donors (Lipinski definition) is 1. The third kappa shape index (κ3) is 7.24. The Morgan fingerprint density at radius 2 is 1.69 bits per heavy atom. The van der Waals surface area contributed by atoms with Crippen molar-refractivity contribution in [3.63, 3.8) is 0 Å². The van der Waals surface area contributed by atoms with Crippen molar-refractivity contribution in [1.29, 1.82) is 0 Å². The van der Waals surface area contributed by atoms with Crippen LogP contribution in [0.1, 0.15) is 68.9 Å². The molecular weight excluding hydrogens is 501 g/mol. The summed E-state index contributed by atoms with van der Waals surface area (Å²) in [5.74, 6) is -1.38. The van der Waals surface area contributed by atoms with Gasteiger partial charge in [-0.05, 0) is 79.2 Å². The number of benzene rings is 3. The van der Waals surface area contributed by atoms with Gasteiger partial charge in [-0.2, -0.15) is 0 Å². The van der Waals surface area contributed by atoms with E-state index in [9.17, 15) is 9.50 Å². The lowest BCUT2D eigenvalue weighted by Crippen LogP contribution is -2.25. The van der Waals surface area contributed by atoms with Crippen molar-refractivity contribution >= 4 is 0 Å². The fraction of sp³-hybridized carbons (Fsp3) is 0.394. The van der Waals surface area contributed by atoms with E-state index in [1.54, 1.807) is 48.5 Å². The lowest BCUT2D eigenvalue weighted by atomic mass is 9.75. The second-order valence-corrected chi connectivity index (χ2v) is 10.3. The summed E-state index contributed by atoms with van der Waals surface area (Å²) in [6.07, 6.45) is 6.93. The second-order valence-electron chi connectivity index (χ2n) is 10.3. The number of rotatable bonds is 12. The van der Waals surface area contributed by atoms with Crippen LogP contribution in [0.4, 0.5) is 13.2 Å². The molecule has 208 valence electrons. The molecule has 3 nitrogen and oxygen atoms in total. The van der Waals surface area contributed by atoms with Crippen molar-refractivity contribution in [2.45, 2.75) is 70.5 Å². The van der Waals surface area contributed by atoms with Gasteiger partial charge in [-0.1, -0.05) is 55.8 Å². The Kier molecular flexibility index (Phi) is 10.1. The van der Waals surface area contributed by atoms with Gasteiger partial charge in [-0.25, -0.2) is 13.2 Å². The summed E-state index contributed by atoms with van der Waals surface area (Å²) in [4.78, 5) is 0. The van der Waals surface area contributed by atoms with Crippen LogP contribution in [-0.4, -0.2) is 17.8 Å². The third-order valence-electron chi connectivity index (χ3n) is 7.61. The highest BCUT2D eigenvalue weighted by Gasteiger charge is 2.29. The Hall–Kier alpha value is -3.25. The Morgan fingerprint density at radius 3 is 2.36 bits per heavy atom. The molecular formula is C33H37F3O3. The van der Waals surface area contributed by atoms with Gasteiger partial charge in [0.2, 0.25) is 0 Å². The van der Waals surface area contributed by atoms with Crippen LogP contribution in [0.3, 0.4) is 0 Å². The molecule has 3 aromatic rings. The quantitative estimate of drug-likeness (QED) is 0.185. The first-order valence-corrected chi connectivity index (χ1v) is 13.8. The maximum atomic E-state index is 15.2. The van der Waals surface area contributed by atoms with E-state index in [0.29, 0.717) is 29.9 Å². The van der Waals surface area contributed by atoms with Gasteiger partial charge in [0.15, 0.2) is 23.2 Å². The summed E-state index contributed by atoms with van der Waals surface area (Å²) in [5.41, 5.74) is 2.02. The fourth-order valence-corrected chi connectivity index (χ4v) is 5.34. The van der Waals surface area contributed by atoms with E-state index in [2.05, 4.69) is 13.5 Å². The molecule has 0 amide bonds. The maximum Gasteiger partial charge on any atom is 0.168 e. The molecule has 1 fully saturated rings. The van der Waals surface area contributed by atoms with Crippen LogP contribution in [0.15, 0.2) is 67.3 Å². The van der Waals surface area contributed by atoms with Crippen LogP contribution in [0.25, 0.3) is 11.1 Å². The Balaban J connectivity index is 1.36. The predicted octanol–water partition coefficient (Wildman–Crippen LogP) is 8.74. The van der Waals surface area contributed by atoms with Gasteiger partial charge in [0.05, 0.1) is 12.7 Å². The van der Waals surface area contributed by atoms with Gasteiger partial charge in [-0.15, -0.1) is 6.58 Å². The Morgan fingerprint density at radius 1 is 0.949 bits per heavy atom. The van der Waals surface area contributed by atoms with E-state index in [1.165, 1.54) is 12.1 Å². The Bertz CT molecular complexity index is 1230. The van der Waals surface area contributed by atoms with Crippen LogP contribution < -0.4 is 9.47 Å². The summed E-state index contributed by atoms with van der Waals surface area (Å²) in [5, 5.41) is 10.3. The summed E-state index contributed by atoms with van der Waals surface area (Å²) in [7, 11) is 0. The first-order valence-electron chi connectivity index (χ1n) is 13.8. The van der Waals surface area contributed by atoms with Gasteiger partial charge in [0.1, 0.15) is 12.4 Å². The van der Waals surface area contributed by atoms with Gasteiger partial charge >= 0.3 is 0 Å². The normalized spacial score (nSPS) is 18.0. The average Bonchev–Trinajstić information content (AvgIpc) is 2.95. The van der Waals surface area contributed by atoms with E-state index in [1.807, 2.05) is 0 Å². The molecule has 1 unspecified atom stereocenters. The first kappa shape index (κ1) is 28.8. The molecule has 0 radical (unpaired) electrons. The largest absolute Gasteiger partial charge is 0.490 e. The molecule has 0 heterocycles. The number of halogens is 3. The molecule has 0 aliphatic heterocycles. The van der Waals surface area contributed by atoms with Gasteiger partial charge < -0.3 is 14.6 Å². The molecule has 39 heavy (non-hydrogen) atoms. The molecule has 0 saturated heterocycles. The highest BCUT2D eigenvalue weighted by molar-refractivity contribution is 5.65. The zero-order valence-electron chi connectivity index (χ0n) is 22.5. The van der Waals surface area contributed by atoms with Crippen molar-refractivity contribution in [2.75, 3.05) is 6.61 Å². The second kappa shape index (κ2) is 13.7. The lowest BCUT2D eigenvalue weighted by Gasteiger charge is -2.32. The topological polar surface area (TPSA) is 38.7 Å². The number of aliphatic hydroxyl groups excluding tert-OH is 1. The SMILES string of the molecule is C=CCCOc1ccc(OCc2ccc(-c3ccc(C4CCC(C(O)CCC)CC4)c(F)c3F)cc2)cc1F. The third-order valence-corrected chi connectivity index (χ3v) is 7.61. The molecule has 1 aliphatic carbocycles. The van der Waals surface area contributed by atoms with Gasteiger partial charge in [-0.3, -0.25) is 0 Å². The van der Waals surface area contributed by atoms with E-state index in [-0.39, 0.29) is 35.9 Å². The van der Waals surface area contributed by atoms with Crippen LogP contribution in [-0.2, 0) is 6.61 Å². The van der Waals surface area contributed by atoms with Crippen LogP contribution in [0, 0.1) is 23.4 Å². The minimum absolute atomic E-state index is 0.0317. The summed E-state index contributed by atoms with van der Waals surface area (Å²) < 4.78 is 55.6. The summed E-state index contributed by atoms with van der Waals surface area (Å²) >= 11 is 0. The van der Waals surface area contributed by atoms with Crippen molar-refractivity contribution < 1.29 is 27.8 Å². The molecule has 1 N–H and O–H groups in total. The molecule has 0 bridgehead atoms. The number of ether oxygens (including phenoxy) is 2. The Labute approximate surface area is 229 Å². The minimum atomic E-state index is -0.837. The number of aliphatic hydroxyl groups is 1. The highest BCUT2D eigenvalue weighted by Crippen LogP contribution is 2.40. The first-order chi connectivity index (χ1) is 18.9. The molecule has 4 rings (SSSR count). The van der Waals surface area contributed by atoms with Crippen molar-refractivity contribution in [2.24, 2.45) is 5.92 Å². The van der Waals surface area contributed by atoms with E-state index >= 15 is 8.78 Å². The molecule has 1 saturated carbocycles. The standard InChI is InChI=1S/C33H37F3O3/c1-3-5-19-38-31-18-15-26(20-29(31)34)39-21-22-7-9-23(10-8-22)27-16-17-28(33(36)32(27)35)24-11-13-25(14-12-24)30(37)6-4-2/h3,7-10,15-18,20,24-25,30,37H,1,4-6,11-14,19,21H2,2H3. The van der Waals surface area contributed by atoms with Gasteiger partial charge in [0, 0.05) is 11.6 Å². The van der Waals surface area contributed by atoms with Crippen LogP contribution >= 0.6 is 0 Å². The van der Waals surface area contributed by atoms with Crippen LogP contribution in [0.5, 0.6) is 11.5 Å². The highest BCUT2D eigenvalue weighted by atomic mass is 19.2. The molecule has 1 atom stereocenters. The lowest BCUT2D eigenvalue weighted by molar-refractivity contribution is 0.0727. The van der Waals surface area contributed by atoms with Crippen molar-refractivity contribution in [3.05, 3.63) is 95.8 Å². The van der Waals surface area contributed by atoms with E-state index < -0.39 is 17.5 Å². The van der Waals surface area contributed by atoms with Crippen LogP contribution in [0.2, 0.25) is 0 Å². The summed E-state index contributed by atoms with van der Waals surface area (Å²) in [6.45, 7) is 6.21. The molecule has 0 aromatic heterocycles. The molecule has 0 spiro atoms. The van der Waals surface area contributed by atoms with Gasteiger partial charge in [0.25, 0.3) is 0 Å². The smallest absolute Gasteiger partial charge is 0.168 e. The van der Waals surface area contributed by atoms with Crippen molar-refractivity contribution in [1.82, 2.24) is 0 Å². The monoisotopic (exact) mass is 538 g/mol. The fourth-order valence-electron chi connectivity index (χ4n) is 5.34. The van der Waals surface area contributed by atoms with Crippen molar-refractivity contribution in [3.8, 4) is 22.6 Å².